The first kappa shape index (κ1) is 11.8. The fourth-order valence-electron chi connectivity index (χ4n) is 2.10. The van der Waals surface area contributed by atoms with Crippen LogP contribution >= 0.6 is 0 Å². The van der Waals surface area contributed by atoms with Gasteiger partial charge in [0.2, 0.25) is 5.91 Å². The highest BCUT2D eigenvalue weighted by Crippen LogP contribution is 2.35. The van der Waals surface area contributed by atoms with E-state index in [0.29, 0.717) is 11.4 Å². The molecular weight excluding hydrogens is 220 g/mol. The van der Waals surface area contributed by atoms with Gasteiger partial charge in [0, 0.05) is 13.5 Å². The lowest BCUT2D eigenvalue weighted by atomic mass is 9.85. The number of piperidine rings is 1. The molecule has 0 aliphatic carbocycles. The molecule has 2 rings (SSSR count). The first-order valence-electron chi connectivity index (χ1n) is 5.34. The summed E-state index contributed by atoms with van der Waals surface area (Å²) in [4.78, 5) is 23.5. The summed E-state index contributed by atoms with van der Waals surface area (Å²) in [6, 6.07) is 9.09. The SMILES string of the molecule is COC1(c2ccccc2)CCC(=O)N(N)C1=O. The van der Waals surface area contributed by atoms with E-state index in [2.05, 4.69) is 0 Å². The third-order valence-corrected chi connectivity index (χ3v) is 3.11. The second-order valence-electron chi connectivity index (χ2n) is 3.97. The van der Waals surface area contributed by atoms with Crippen molar-refractivity contribution in [1.82, 2.24) is 5.01 Å². The van der Waals surface area contributed by atoms with E-state index in [1.54, 1.807) is 12.1 Å². The molecule has 5 nitrogen and oxygen atoms in total. The zero-order valence-electron chi connectivity index (χ0n) is 9.55. The fraction of sp³-hybridized carbons (Fsp3) is 0.333. The molecule has 0 aromatic heterocycles. The molecule has 90 valence electrons. The summed E-state index contributed by atoms with van der Waals surface area (Å²) in [6.45, 7) is 0. The predicted octanol–water partition coefficient (Wildman–Crippen LogP) is 0.551. The number of imide groups is 1. The number of nitrogens with two attached hydrogens (primary N) is 1. The van der Waals surface area contributed by atoms with Gasteiger partial charge in [0.15, 0.2) is 5.60 Å². The summed E-state index contributed by atoms with van der Waals surface area (Å²) < 4.78 is 5.37. The lowest BCUT2D eigenvalue weighted by Gasteiger charge is -2.37. The molecule has 1 heterocycles. The average molecular weight is 234 g/mol. The Hall–Kier alpha value is -1.72. The van der Waals surface area contributed by atoms with E-state index >= 15 is 0 Å². The van der Waals surface area contributed by atoms with Crippen LogP contribution in [-0.2, 0) is 19.9 Å². The van der Waals surface area contributed by atoms with Gasteiger partial charge in [-0.05, 0) is 12.0 Å². The Labute approximate surface area is 99.1 Å². The highest BCUT2D eigenvalue weighted by molar-refractivity contribution is 6.01. The maximum atomic E-state index is 12.1. The third-order valence-electron chi connectivity index (χ3n) is 3.11. The first-order chi connectivity index (χ1) is 8.12. The number of hydrogen-bond donors (Lipinski definition) is 1. The molecule has 1 aliphatic rings. The van der Waals surface area contributed by atoms with Crippen LogP contribution in [0.2, 0.25) is 0 Å². The predicted molar refractivity (Wildman–Crippen MR) is 60.4 cm³/mol. The van der Waals surface area contributed by atoms with Crippen LogP contribution in [0, 0.1) is 0 Å². The summed E-state index contributed by atoms with van der Waals surface area (Å²) in [6.07, 6.45) is 0.518. The highest BCUT2D eigenvalue weighted by atomic mass is 16.5. The van der Waals surface area contributed by atoms with E-state index in [4.69, 9.17) is 10.6 Å². The van der Waals surface area contributed by atoms with Crippen LogP contribution in [0.15, 0.2) is 30.3 Å². The maximum absolute atomic E-state index is 12.1. The number of carbonyl (C=O) groups excluding carboxylic acids is 2. The molecule has 1 saturated heterocycles. The summed E-state index contributed by atoms with van der Waals surface area (Å²) in [5, 5.41) is 0.653. The summed E-state index contributed by atoms with van der Waals surface area (Å²) in [7, 11) is 1.45. The van der Waals surface area contributed by atoms with Gasteiger partial charge in [-0.2, -0.15) is 0 Å². The van der Waals surface area contributed by atoms with Gasteiger partial charge in [-0.3, -0.25) is 9.59 Å². The van der Waals surface area contributed by atoms with Crippen LogP contribution < -0.4 is 5.84 Å². The van der Waals surface area contributed by atoms with Crippen molar-refractivity contribution in [2.24, 2.45) is 5.84 Å². The van der Waals surface area contributed by atoms with E-state index in [-0.39, 0.29) is 12.3 Å². The van der Waals surface area contributed by atoms with E-state index < -0.39 is 11.5 Å². The lowest BCUT2D eigenvalue weighted by Crippen LogP contribution is -2.57. The van der Waals surface area contributed by atoms with Gasteiger partial charge in [-0.25, -0.2) is 10.9 Å². The Balaban J connectivity index is 2.45. The molecule has 0 bridgehead atoms. The number of carbonyl (C=O) groups is 2. The number of ether oxygens (including phenoxy) is 1. The van der Waals surface area contributed by atoms with Gasteiger partial charge < -0.3 is 4.74 Å². The molecule has 5 heteroatoms. The minimum atomic E-state index is -1.13. The minimum absolute atomic E-state index is 0.199. The van der Waals surface area contributed by atoms with Crippen LogP contribution in [0.25, 0.3) is 0 Å². The van der Waals surface area contributed by atoms with Crippen molar-refractivity contribution in [3.63, 3.8) is 0 Å². The number of benzene rings is 1. The molecule has 1 aromatic carbocycles. The topological polar surface area (TPSA) is 72.6 Å². The van der Waals surface area contributed by atoms with E-state index in [0.717, 1.165) is 5.56 Å². The molecule has 0 saturated carbocycles. The lowest BCUT2D eigenvalue weighted by molar-refractivity contribution is -0.171. The van der Waals surface area contributed by atoms with Gasteiger partial charge in [0.1, 0.15) is 0 Å². The van der Waals surface area contributed by atoms with Crippen LogP contribution in [0.3, 0.4) is 0 Å². The van der Waals surface area contributed by atoms with Crippen LogP contribution in [-0.4, -0.2) is 23.9 Å². The van der Waals surface area contributed by atoms with Crippen molar-refractivity contribution < 1.29 is 14.3 Å². The molecule has 1 aliphatic heterocycles. The number of rotatable bonds is 2. The Morgan fingerprint density at radius 1 is 1.29 bits per heavy atom. The van der Waals surface area contributed by atoms with Crippen molar-refractivity contribution >= 4 is 11.8 Å². The standard InChI is InChI=1S/C12H14N2O3/c1-17-12(9-5-3-2-4-6-9)8-7-10(15)14(13)11(12)16/h2-6H,7-8,13H2,1H3. The van der Waals surface area contributed by atoms with Gasteiger partial charge in [-0.15, -0.1) is 0 Å². The van der Waals surface area contributed by atoms with Crippen molar-refractivity contribution in [1.29, 1.82) is 0 Å². The fourth-order valence-corrected chi connectivity index (χ4v) is 2.10. The average Bonchev–Trinajstić information content (AvgIpc) is 2.38. The van der Waals surface area contributed by atoms with Gasteiger partial charge in [-0.1, -0.05) is 30.3 Å². The normalized spacial score (nSPS) is 25.2. The largest absolute Gasteiger partial charge is 0.364 e. The first-order valence-corrected chi connectivity index (χ1v) is 5.34. The smallest absolute Gasteiger partial charge is 0.280 e. The molecular formula is C12H14N2O3. The van der Waals surface area contributed by atoms with Gasteiger partial charge in [0.05, 0.1) is 0 Å². The monoisotopic (exact) mass is 234 g/mol. The van der Waals surface area contributed by atoms with E-state index in [1.165, 1.54) is 7.11 Å². The molecule has 0 radical (unpaired) electrons. The Bertz CT molecular complexity index is 446. The Morgan fingerprint density at radius 3 is 2.53 bits per heavy atom. The minimum Gasteiger partial charge on any atom is -0.364 e. The van der Waals surface area contributed by atoms with E-state index in [1.807, 2.05) is 18.2 Å². The Morgan fingerprint density at radius 2 is 1.94 bits per heavy atom. The third kappa shape index (κ3) is 1.73. The summed E-state index contributed by atoms with van der Waals surface area (Å²) in [5.74, 6) is 4.58. The Kier molecular flexibility index (Phi) is 2.95. The highest BCUT2D eigenvalue weighted by Gasteiger charge is 2.48. The molecule has 1 fully saturated rings. The number of hydrazine groups is 1. The van der Waals surface area contributed by atoms with E-state index in [9.17, 15) is 9.59 Å². The number of hydrogen-bond acceptors (Lipinski definition) is 4. The second kappa shape index (κ2) is 4.27. The number of nitrogens with zero attached hydrogens (tertiary/aromatic N) is 1. The van der Waals surface area contributed by atoms with Crippen molar-refractivity contribution in [3.05, 3.63) is 35.9 Å². The van der Waals surface area contributed by atoms with Crippen LogP contribution in [0.5, 0.6) is 0 Å². The second-order valence-corrected chi connectivity index (χ2v) is 3.97. The maximum Gasteiger partial charge on any atom is 0.280 e. The number of amides is 2. The zero-order chi connectivity index (χ0) is 12.5. The van der Waals surface area contributed by atoms with Crippen molar-refractivity contribution in [2.45, 2.75) is 18.4 Å². The zero-order valence-corrected chi connectivity index (χ0v) is 9.55. The molecule has 17 heavy (non-hydrogen) atoms. The van der Waals surface area contributed by atoms with Crippen LogP contribution in [0.4, 0.5) is 0 Å². The van der Waals surface area contributed by atoms with Crippen molar-refractivity contribution in [3.8, 4) is 0 Å². The van der Waals surface area contributed by atoms with Crippen LogP contribution in [0.1, 0.15) is 18.4 Å². The molecule has 1 atom stereocenters. The molecule has 1 aromatic rings. The van der Waals surface area contributed by atoms with Gasteiger partial charge in [0.25, 0.3) is 5.91 Å². The number of methoxy groups -OCH3 is 1. The van der Waals surface area contributed by atoms with Crippen molar-refractivity contribution in [2.75, 3.05) is 7.11 Å². The summed E-state index contributed by atoms with van der Waals surface area (Å²) >= 11 is 0. The molecule has 0 spiro atoms. The molecule has 2 N–H and O–H groups in total. The summed E-state index contributed by atoms with van der Waals surface area (Å²) in [5.41, 5.74) is -0.417. The molecule has 1 unspecified atom stereocenters. The van der Waals surface area contributed by atoms with Gasteiger partial charge >= 0.3 is 0 Å². The quantitative estimate of drug-likeness (QED) is 0.461. The molecule has 2 amide bonds.